The third-order valence-electron chi connectivity index (χ3n) is 3.04. The van der Waals surface area contributed by atoms with Gasteiger partial charge in [-0.25, -0.2) is 9.98 Å². The molecule has 0 amide bonds. The maximum atomic E-state index is 10.4. The van der Waals surface area contributed by atoms with Crippen molar-refractivity contribution in [2.45, 2.75) is 40.0 Å². The van der Waals surface area contributed by atoms with Crippen molar-refractivity contribution in [3.63, 3.8) is 0 Å². The third kappa shape index (κ3) is 3.62. The Morgan fingerprint density at radius 3 is 2.24 bits per heavy atom. The van der Waals surface area contributed by atoms with Crippen LogP contribution in [0.1, 0.15) is 43.5 Å². The first kappa shape index (κ1) is 15.1. The highest BCUT2D eigenvalue weighted by molar-refractivity contribution is 5.85. The molecule has 110 valence electrons. The van der Waals surface area contributed by atoms with Crippen molar-refractivity contribution in [3.8, 4) is 5.75 Å². The molecule has 0 unspecified atom stereocenters. The van der Waals surface area contributed by atoms with E-state index in [9.17, 15) is 5.11 Å². The topological polar surface area (TPSA) is 71.3 Å². The van der Waals surface area contributed by atoms with Gasteiger partial charge >= 0.3 is 0 Å². The van der Waals surface area contributed by atoms with Gasteiger partial charge in [0.05, 0.1) is 0 Å². The number of aliphatic imine (C=N–C) groups is 1. The summed E-state index contributed by atoms with van der Waals surface area (Å²) >= 11 is 0. The number of aromatic nitrogens is 3. The highest BCUT2D eigenvalue weighted by Crippen LogP contribution is 2.32. The summed E-state index contributed by atoms with van der Waals surface area (Å²) < 4.78 is 0. The van der Waals surface area contributed by atoms with Crippen LogP contribution >= 0.6 is 0 Å². The van der Waals surface area contributed by atoms with E-state index >= 15 is 0 Å². The van der Waals surface area contributed by atoms with Gasteiger partial charge in [0, 0.05) is 11.8 Å². The molecular weight excluding hydrogens is 264 g/mol. The first-order valence-corrected chi connectivity index (χ1v) is 6.83. The number of aryl methyl sites for hydroxylation is 2. The summed E-state index contributed by atoms with van der Waals surface area (Å²) in [6.45, 7) is 9.77. The minimum atomic E-state index is -0.131. The predicted molar refractivity (Wildman–Crippen MR) is 83.4 cm³/mol. The van der Waals surface area contributed by atoms with Gasteiger partial charge in [-0.05, 0) is 30.9 Å². The van der Waals surface area contributed by atoms with Gasteiger partial charge in [0.15, 0.2) is 0 Å². The van der Waals surface area contributed by atoms with Crippen molar-refractivity contribution in [3.05, 3.63) is 41.0 Å². The summed E-state index contributed by atoms with van der Waals surface area (Å²) in [4.78, 5) is 16.6. The Morgan fingerprint density at radius 2 is 1.67 bits per heavy atom. The molecule has 0 fully saturated rings. The minimum absolute atomic E-state index is 0.131. The number of hydrogen-bond acceptors (Lipinski definition) is 5. The van der Waals surface area contributed by atoms with Crippen LogP contribution in [-0.2, 0) is 5.41 Å². The fourth-order valence-corrected chi connectivity index (χ4v) is 2.05. The Labute approximate surface area is 124 Å². The van der Waals surface area contributed by atoms with Crippen molar-refractivity contribution < 1.29 is 5.11 Å². The molecule has 0 spiro atoms. The van der Waals surface area contributed by atoms with E-state index in [1.165, 1.54) is 0 Å². The maximum absolute atomic E-state index is 10.4. The molecule has 21 heavy (non-hydrogen) atoms. The Morgan fingerprint density at radius 1 is 1.05 bits per heavy atom. The lowest BCUT2D eigenvalue weighted by Crippen LogP contribution is -2.11. The highest BCUT2D eigenvalue weighted by atomic mass is 16.3. The maximum Gasteiger partial charge on any atom is 0.252 e. The van der Waals surface area contributed by atoms with Crippen LogP contribution < -0.4 is 0 Å². The third-order valence-corrected chi connectivity index (χ3v) is 3.04. The van der Waals surface area contributed by atoms with E-state index in [4.69, 9.17) is 0 Å². The summed E-state index contributed by atoms with van der Waals surface area (Å²) in [7, 11) is 0. The quantitative estimate of drug-likeness (QED) is 0.859. The van der Waals surface area contributed by atoms with Gasteiger partial charge in [-0.1, -0.05) is 32.9 Å². The Balaban J connectivity index is 2.38. The summed E-state index contributed by atoms with van der Waals surface area (Å²) in [5, 5.41) is 10.4. The van der Waals surface area contributed by atoms with Gasteiger partial charge in [-0.3, -0.25) is 0 Å². The van der Waals surface area contributed by atoms with E-state index < -0.39 is 0 Å². The summed E-state index contributed by atoms with van der Waals surface area (Å²) in [5.41, 5.74) is 1.40. The fourth-order valence-electron chi connectivity index (χ4n) is 2.05. The van der Waals surface area contributed by atoms with E-state index in [2.05, 4.69) is 40.7 Å². The molecule has 0 radical (unpaired) electrons. The number of aromatic hydroxyl groups is 1. The molecular formula is C16H20N4O. The zero-order valence-corrected chi connectivity index (χ0v) is 13.0. The van der Waals surface area contributed by atoms with Gasteiger partial charge in [-0.2, -0.15) is 9.97 Å². The van der Waals surface area contributed by atoms with Gasteiger partial charge in [0.25, 0.3) is 5.95 Å². The van der Waals surface area contributed by atoms with E-state index in [1.807, 2.05) is 18.2 Å². The molecule has 1 aromatic carbocycles. The molecule has 2 aromatic rings. The van der Waals surface area contributed by atoms with Crippen LogP contribution in [0.4, 0.5) is 5.95 Å². The van der Waals surface area contributed by atoms with Crippen molar-refractivity contribution in [1.82, 2.24) is 15.0 Å². The van der Waals surface area contributed by atoms with Crippen molar-refractivity contribution >= 4 is 12.2 Å². The summed E-state index contributed by atoms with van der Waals surface area (Å²) in [6, 6.07) is 5.64. The molecule has 0 atom stereocenters. The molecule has 0 aliphatic heterocycles. The minimum Gasteiger partial charge on any atom is -0.507 e. The Kier molecular flexibility index (Phi) is 4.02. The second kappa shape index (κ2) is 5.60. The molecule has 5 heteroatoms. The van der Waals surface area contributed by atoms with E-state index in [0.29, 0.717) is 23.2 Å². The molecule has 2 rings (SSSR count). The highest BCUT2D eigenvalue weighted by Gasteiger charge is 2.19. The van der Waals surface area contributed by atoms with Crippen molar-refractivity contribution in [2.75, 3.05) is 0 Å². The van der Waals surface area contributed by atoms with E-state index in [0.717, 1.165) is 5.56 Å². The van der Waals surface area contributed by atoms with E-state index in [1.54, 1.807) is 20.1 Å². The normalized spacial score (nSPS) is 12.0. The van der Waals surface area contributed by atoms with Crippen LogP contribution in [0.3, 0.4) is 0 Å². The van der Waals surface area contributed by atoms with Crippen LogP contribution in [0, 0.1) is 13.8 Å². The van der Waals surface area contributed by atoms with Crippen LogP contribution in [0.5, 0.6) is 5.75 Å². The molecule has 5 nitrogen and oxygen atoms in total. The molecule has 0 bridgehead atoms. The van der Waals surface area contributed by atoms with Crippen LogP contribution in [0.15, 0.2) is 23.2 Å². The molecule has 1 N–H and O–H groups in total. The smallest absolute Gasteiger partial charge is 0.252 e. The molecule has 0 saturated heterocycles. The van der Waals surface area contributed by atoms with Crippen LogP contribution in [-0.4, -0.2) is 26.3 Å². The molecule has 1 aromatic heterocycles. The lowest BCUT2D eigenvalue weighted by Gasteiger charge is -2.21. The number of phenolic OH excluding ortho intramolecular Hbond substituents is 1. The standard InChI is InChI=1S/C16H20N4O/c1-10-18-11(2)20-15(19-10)17-9-12-7-6-8-13(14(12)21)16(3,4)5/h6-9,21H,1-5H3/b17-9+. The number of rotatable bonds is 2. The average molecular weight is 284 g/mol. The molecule has 0 aliphatic rings. The molecule has 1 heterocycles. The van der Waals surface area contributed by atoms with Gasteiger partial charge < -0.3 is 5.11 Å². The first-order chi connectivity index (χ1) is 9.77. The number of benzene rings is 1. The van der Waals surface area contributed by atoms with Crippen molar-refractivity contribution in [1.29, 1.82) is 0 Å². The van der Waals surface area contributed by atoms with Gasteiger partial charge in [0.1, 0.15) is 17.4 Å². The van der Waals surface area contributed by atoms with Crippen LogP contribution in [0.2, 0.25) is 0 Å². The zero-order valence-electron chi connectivity index (χ0n) is 13.0. The van der Waals surface area contributed by atoms with Crippen LogP contribution in [0.25, 0.3) is 0 Å². The van der Waals surface area contributed by atoms with Gasteiger partial charge in [-0.15, -0.1) is 0 Å². The largest absolute Gasteiger partial charge is 0.507 e. The lowest BCUT2D eigenvalue weighted by atomic mass is 9.85. The summed E-state index contributed by atoms with van der Waals surface area (Å²) in [6.07, 6.45) is 1.58. The SMILES string of the molecule is Cc1nc(C)nc(/N=C/c2cccc(C(C)(C)C)c2O)n1. The van der Waals surface area contributed by atoms with Crippen molar-refractivity contribution in [2.24, 2.45) is 4.99 Å². The number of nitrogens with zero attached hydrogens (tertiary/aromatic N) is 4. The average Bonchev–Trinajstić information content (AvgIpc) is 2.35. The number of phenols is 1. The monoisotopic (exact) mass is 284 g/mol. The molecule has 0 saturated carbocycles. The lowest BCUT2D eigenvalue weighted by molar-refractivity contribution is 0.446. The Hall–Kier alpha value is -2.30. The number of hydrogen-bond donors (Lipinski definition) is 1. The van der Waals surface area contributed by atoms with Gasteiger partial charge in [0.2, 0.25) is 0 Å². The Bertz CT molecular complexity index is 667. The fraction of sp³-hybridized carbons (Fsp3) is 0.375. The second-order valence-electron chi connectivity index (χ2n) is 5.98. The first-order valence-electron chi connectivity index (χ1n) is 6.83. The zero-order chi connectivity index (χ0) is 15.6. The summed E-state index contributed by atoms with van der Waals surface area (Å²) in [5.74, 6) is 1.85. The predicted octanol–water partition coefficient (Wildman–Crippen LogP) is 3.24. The number of para-hydroxylation sites is 1. The molecule has 0 aliphatic carbocycles. The van der Waals surface area contributed by atoms with E-state index in [-0.39, 0.29) is 11.2 Å². The second-order valence-corrected chi connectivity index (χ2v) is 5.98.